The molecule has 1 atom stereocenters. The fourth-order valence-electron chi connectivity index (χ4n) is 6.95. The van der Waals surface area contributed by atoms with Gasteiger partial charge in [-0.25, -0.2) is 4.79 Å². The van der Waals surface area contributed by atoms with Crippen molar-refractivity contribution in [3.8, 4) is 11.4 Å². The van der Waals surface area contributed by atoms with E-state index in [-0.39, 0.29) is 11.8 Å². The summed E-state index contributed by atoms with van der Waals surface area (Å²) in [5, 5.41) is 16.1. The quantitative estimate of drug-likeness (QED) is 0.218. The SMILES string of the molecule is CN1CC[C@](NC(=O)c2ccc3c(C4CCCCC4)c(-c4ccccn4)n(C)c3c2)(C(=O)Nc2ccc(/C=C/C(=O)O)cc2)C1. The van der Waals surface area contributed by atoms with Crippen LogP contribution in [0.4, 0.5) is 5.69 Å². The largest absolute Gasteiger partial charge is 0.478 e. The second-order valence-corrected chi connectivity index (χ2v) is 12.4. The number of anilines is 1. The Labute approximate surface area is 263 Å². The Balaban J connectivity index is 1.29. The number of aryl methyl sites for hydroxylation is 1. The van der Waals surface area contributed by atoms with Crippen molar-refractivity contribution in [2.75, 3.05) is 25.5 Å². The van der Waals surface area contributed by atoms with Gasteiger partial charge in [0.1, 0.15) is 5.54 Å². The number of likely N-dealkylation sites (tertiary alicyclic amines) is 1. The summed E-state index contributed by atoms with van der Waals surface area (Å²) in [7, 11) is 3.98. The molecule has 6 rings (SSSR count). The molecule has 0 bridgehead atoms. The van der Waals surface area contributed by atoms with Crippen molar-refractivity contribution in [3.63, 3.8) is 0 Å². The Bertz CT molecular complexity index is 1760. The van der Waals surface area contributed by atoms with Gasteiger partial charge in [-0.2, -0.15) is 0 Å². The van der Waals surface area contributed by atoms with E-state index in [9.17, 15) is 14.4 Å². The molecule has 2 amide bonds. The molecular formula is C36H39N5O4. The number of benzene rings is 2. The fraction of sp³-hybridized carbons (Fsp3) is 0.333. The molecule has 2 aromatic heterocycles. The highest BCUT2D eigenvalue weighted by Gasteiger charge is 2.45. The van der Waals surface area contributed by atoms with E-state index in [0.29, 0.717) is 42.2 Å². The molecule has 45 heavy (non-hydrogen) atoms. The number of aromatic nitrogens is 2. The Morgan fingerprint density at radius 2 is 1.78 bits per heavy atom. The molecule has 2 aromatic carbocycles. The maximum Gasteiger partial charge on any atom is 0.328 e. The van der Waals surface area contributed by atoms with E-state index in [2.05, 4.69) is 21.3 Å². The molecule has 2 aliphatic rings. The molecule has 3 N–H and O–H groups in total. The molecule has 4 aromatic rings. The van der Waals surface area contributed by atoms with Crippen LogP contribution in [0.5, 0.6) is 0 Å². The number of carbonyl (C=O) groups excluding carboxylic acids is 2. The average molecular weight is 606 g/mol. The molecule has 9 nitrogen and oxygen atoms in total. The topological polar surface area (TPSA) is 117 Å². The second kappa shape index (κ2) is 12.7. The Morgan fingerprint density at radius 1 is 1.00 bits per heavy atom. The van der Waals surface area contributed by atoms with E-state index in [4.69, 9.17) is 10.1 Å². The van der Waals surface area contributed by atoms with E-state index in [0.717, 1.165) is 41.2 Å². The standard InChI is InChI=1S/C36H39N5O4/c1-40-21-19-36(23-40,35(45)38-27-15-11-24(12-16-27)13-18-31(42)43)39-34(44)26-14-17-28-30(22-26)41(2)33(29-10-6-7-20-37-29)32(28)25-8-4-3-5-9-25/h6-7,10-18,20,22,25H,3-5,8-9,19,21,23H2,1-2H3,(H,38,45)(H,39,44)(H,42,43)/b18-13+/t36-/m1/s1. The third-order valence-electron chi connectivity index (χ3n) is 9.26. The van der Waals surface area contributed by atoms with Crippen LogP contribution in [0, 0.1) is 0 Å². The molecule has 0 spiro atoms. The van der Waals surface area contributed by atoms with E-state index in [1.807, 2.05) is 55.5 Å². The van der Waals surface area contributed by atoms with E-state index in [1.54, 1.807) is 24.3 Å². The number of fused-ring (bicyclic) bond motifs is 1. The molecule has 9 heteroatoms. The smallest absolute Gasteiger partial charge is 0.328 e. The number of aliphatic carboxylic acids is 1. The fourth-order valence-corrected chi connectivity index (χ4v) is 6.95. The molecule has 1 saturated carbocycles. The summed E-state index contributed by atoms with van der Waals surface area (Å²) < 4.78 is 2.17. The van der Waals surface area contributed by atoms with Gasteiger partial charge in [0, 0.05) is 54.6 Å². The second-order valence-electron chi connectivity index (χ2n) is 12.4. The lowest BCUT2D eigenvalue weighted by molar-refractivity contribution is -0.131. The van der Waals surface area contributed by atoms with Crippen LogP contribution in [-0.2, 0) is 16.6 Å². The molecule has 1 saturated heterocycles. The minimum atomic E-state index is -1.11. The number of carbonyl (C=O) groups is 3. The van der Waals surface area contributed by atoms with Crippen LogP contribution >= 0.6 is 0 Å². The Hall–Kier alpha value is -4.76. The summed E-state index contributed by atoms with van der Waals surface area (Å²) in [6.07, 6.45) is 10.8. The third kappa shape index (κ3) is 6.26. The monoisotopic (exact) mass is 605 g/mol. The molecule has 232 valence electrons. The lowest BCUT2D eigenvalue weighted by atomic mass is 9.82. The van der Waals surface area contributed by atoms with Gasteiger partial charge >= 0.3 is 5.97 Å². The number of carboxylic acids is 1. The van der Waals surface area contributed by atoms with Gasteiger partial charge < -0.3 is 25.2 Å². The zero-order valence-corrected chi connectivity index (χ0v) is 25.8. The van der Waals surface area contributed by atoms with Crippen molar-refractivity contribution in [2.45, 2.75) is 50.0 Å². The Kier molecular flexibility index (Phi) is 8.54. The number of nitrogens with one attached hydrogen (secondary N) is 2. The number of amides is 2. The predicted molar refractivity (Wildman–Crippen MR) is 176 cm³/mol. The Morgan fingerprint density at radius 3 is 2.44 bits per heavy atom. The first-order chi connectivity index (χ1) is 21.7. The number of rotatable bonds is 8. The van der Waals surface area contributed by atoms with Crippen LogP contribution in [0.2, 0.25) is 0 Å². The number of nitrogens with zero attached hydrogens (tertiary/aromatic N) is 3. The van der Waals surface area contributed by atoms with Crippen molar-refractivity contribution < 1.29 is 19.5 Å². The average Bonchev–Trinajstić information content (AvgIpc) is 3.58. The lowest BCUT2D eigenvalue weighted by Crippen LogP contribution is -2.58. The van der Waals surface area contributed by atoms with Crippen LogP contribution in [0.15, 0.2) is 72.9 Å². The molecule has 3 heterocycles. The van der Waals surface area contributed by atoms with E-state index >= 15 is 0 Å². The highest BCUT2D eigenvalue weighted by atomic mass is 16.4. The lowest BCUT2D eigenvalue weighted by Gasteiger charge is -2.29. The number of hydrogen-bond acceptors (Lipinski definition) is 5. The minimum Gasteiger partial charge on any atom is -0.478 e. The molecule has 2 fully saturated rings. The summed E-state index contributed by atoms with van der Waals surface area (Å²) in [5.41, 5.74) is 4.99. The third-order valence-corrected chi connectivity index (χ3v) is 9.26. The van der Waals surface area contributed by atoms with Crippen LogP contribution in [0.3, 0.4) is 0 Å². The zero-order chi connectivity index (χ0) is 31.6. The van der Waals surface area contributed by atoms with Crippen molar-refractivity contribution in [1.29, 1.82) is 0 Å². The van der Waals surface area contributed by atoms with Crippen molar-refractivity contribution >= 4 is 40.4 Å². The van der Waals surface area contributed by atoms with Gasteiger partial charge in [-0.15, -0.1) is 0 Å². The molecule has 1 aliphatic heterocycles. The summed E-state index contributed by atoms with van der Waals surface area (Å²) in [5.74, 6) is -1.16. The van der Waals surface area contributed by atoms with Gasteiger partial charge in [-0.3, -0.25) is 14.6 Å². The molecule has 0 radical (unpaired) electrons. The van der Waals surface area contributed by atoms with E-state index < -0.39 is 11.5 Å². The van der Waals surface area contributed by atoms with Gasteiger partial charge in [0.25, 0.3) is 11.8 Å². The first-order valence-electron chi connectivity index (χ1n) is 15.6. The zero-order valence-electron chi connectivity index (χ0n) is 25.8. The molecule has 1 aliphatic carbocycles. The van der Waals surface area contributed by atoms with Crippen LogP contribution in [-0.4, -0.2) is 63.0 Å². The first-order valence-corrected chi connectivity index (χ1v) is 15.6. The van der Waals surface area contributed by atoms with Gasteiger partial charge in [-0.05, 0) is 85.8 Å². The van der Waals surface area contributed by atoms with Gasteiger partial charge in [-0.1, -0.05) is 43.5 Å². The normalized spacial score (nSPS) is 19.2. The molecular weight excluding hydrogens is 566 g/mol. The summed E-state index contributed by atoms with van der Waals surface area (Å²) in [4.78, 5) is 45.2. The van der Waals surface area contributed by atoms with Crippen LogP contribution in [0.25, 0.3) is 28.4 Å². The molecule has 0 unspecified atom stereocenters. The predicted octanol–water partition coefficient (Wildman–Crippen LogP) is 5.83. The number of carboxylic acid groups (broad SMARTS) is 1. The van der Waals surface area contributed by atoms with Gasteiger partial charge in [0.2, 0.25) is 0 Å². The van der Waals surface area contributed by atoms with Crippen molar-refractivity contribution in [3.05, 3.63) is 89.6 Å². The summed E-state index contributed by atoms with van der Waals surface area (Å²) >= 11 is 0. The summed E-state index contributed by atoms with van der Waals surface area (Å²) in [6, 6.07) is 18.8. The van der Waals surface area contributed by atoms with Crippen LogP contribution in [0.1, 0.15) is 65.9 Å². The van der Waals surface area contributed by atoms with Gasteiger partial charge in [0.05, 0.1) is 11.4 Å². The maximum atomic E-state index is 13.9. The highest BCUT2D eigenvalue weighted by molar-refractivity contribution is 6.06. The maximum absolute atomic E-state index is 13.9. The van der Waals surface area contributed by atoms with Gasteiger partial charge in [0.15, 0.2) is 0 Å². The number of likely N-dealkylation sites (N-methyl/N-ethyl adjacent to an activating group) is 1. The van der Waals surface area contributed by atoms with Crippen molar-refractivity contribution in [1.82, 2.24) is 19.8 Å². The minimum absolute atomic E-state index is 0.286. The number of hydrogen-bond donors (Lipinski definition) is 3. The van der Waals surface area contributed by atoms with Crippen molar-refractivity contribution in [2.24, 2.45) is 7.05 Å². The first kappa shape index (κ1) is 30.3. The summed E-state index contributed by atoms with van der Waals surface area (Å²) in [6.45, 7) is 1.05. The number of pyridine rings is 1. The van der Waals surface area contributed by atoms with E-state index in [1.165, 1.54) is 30.9 Å². The van der Waals surface area contributed by atoms with Crippen LogP contribution < -0.4 is 10.6 Å². The highest BCUT2D eigenvalue weighted by Crippen LogP contribution is 2.43.